The molecule has 0 radical (unpaired) electrons. The van der Waals surface area contributed by atoms with Gasteiger partial charge < -0.3 is 5.32 Å². The minimum absolute atomic E-state index is 0.455. The zero-order valence-electron chi connectivity index (χ0n) is 8.89. The van der Waals surface area contributed by atoms with Gasteiger partial charge in [0.05, 0.1) is 0 Å². The van der Waals surface area contributed by atoms with E-state index in [9.17, 15) is 0 Å². The van der Waals surface area contributed by atoms with Gasteiger partial charge in [-0.15, -0.1) is 0 Å². The fourth-order valence-electron chi connectivity index (χ4n) is 2.05. The molecule has 14 heavy (non-hydrogen) atoms. The van der Waals surface area contributed by atoms with Gasteiger partial charge in [-0.2, -0.15) is 0 Å². The quantitative estimate of drug-likeness (QED) is 0.779. The van der Waals surface area contributed by atoms with Crippen LogP contribution in [0.25, 0.3) is 0 Å². The lowest BCUT2D eigenvalue weighted by Crippen LogP contribution is -1.97. The summed E-state index contributed by atoms with van der Waals surface area (Å²) in [5.74, 6) is 0.670. The molecule has 0 bridgehead atoms. The summed E-state index contributed by atoms with van der Waals surface area (Å²) < 4.78 is 0. The maximum absolute atomic E-state index is 6.01. The van der Waals surface area contributed by atoms with Crippen molar-refractivity contribution in [2.45, 2.75) is 26.2 Å². The van der Waals surface area contributed by atoms with Crippen LogP contribution >= 0.6 is 11.6 Å². The number of hydrogen-bond donors (Lipinski definition) is 1. The first kappa shape index (κ1) is 9.85. The van der Waals surface area contributed by atoms with E-state index in [1.165, 1.54) is 17.7 Å². The molecule has 0 aliphatic heterocycles. The van der Waals surface area contributed by atoms with Crippen molar-refractivity contribution in [2.75, 3.05) is 12.4 Å². The van der Waals surface area contributed by atoms with Crippen LogP contribution in [0, 0.1) is 5.41 Å². The van der Waals surface area contributed by atoms with E-state index >= 15 is 0 Å². The van der Waals surface area contributed by atoms with Crippen molar-refractivity contribution in [3.05, 3.63) is 28.8 Å². The molecule has 0 amide bonds. The standard InChI is InChI=1S/C12H16ClN/c1-12(2)7-10(12)9-6-8(13)4-5-11(9)14-3/h4-6,10,14H,7H2,1-3H3. The Morgan fingerprint density at radius 2 is 2.07 bits per heavy atom. The summed E-state index contributed by atoms with van der Waals surface area (Å²) in [7, 11) is 1.96. The SMILES string of the molecule is CNc1ccc(Cl)cc1C1CC1(C)C. The van der Waals surface area contributed by atoms with Gasteiger partial charge in [-0.1, -0.05) is 25.4 Å². The molecule has 1 nitrogen and oxygen atoms in total. The van der Waals surface area contributed by atoms with Crippen LogP contribution in [-0.4, -0.2) is 7.05 Å². The second-order valence-electron chi connectivity index (χ2n) is 4.73. The van der Waals surface area contributed by atoms with Gasteiger partial charge in [-0.3, -0.25) is 0 Å². The van der Waals surface area contributed by atoms with Crippen LogP contribution in [0.5, 0.6) is 0 Å². The van der Waals surface area contributed by atoms with E-state index in [0.717, 1.165) is 5.02 Å². The van der Waals surface area contributed by atoms with Gasteiger partial charge in [0.2, 0.25) is 0 Å². The zero-order valence-corrected chi connectivity index (χ0v) is 9.65. The van der Waals surface area contributed by atoms with E-state index in [1.54, 1.807) is 0 Å². The number of anilines is 1. The lowest BCUT2D eigenvalue weighted by atomic mass is 10.0. The molecule has 1 N–H and O–H groups in total. The number of hydrogen-bond acceptors (Lipinski definition) is 1. The highest BCUT2D eigenvalue weighted by Gasteiger charge is 2.47. The number of halogens is 1. The first-order valence-corrected chi connectivity index (χ1v) is 5.39. The van der Waals surface area contributed by atoms with Gasteiger partial charge >= 0.3 is 0 Å². The van der Waals surface area contributed by atoms with E-state index in [1.807, 2.05) is 13.1 Å². The third kappa shape index (κ3) is 1.61. The van der Waals surface area contributed by atoms with Gasteiger partial charge in [0.15, 0.2) is 0 Å². The average molecular weight is 210 g/mol. The van der Waals surface area contributed by atoms with Crippen molar-refractivity contribution >= 4 is 17.3 Å². The molecule has 0 aromatic heterocycles. The predicted molar refractivity (Wildman–Crippen MR) is 62.1 cm³/mol. The van der Waals surface area contributed by atoms with Gasteiger partial charge in [0.25, 0.3) is 0 Å². The normalized spacial score (nSPS) is 23.3. The van der Waals surface area contributed by atoms with Crippen LogP contribution < -0.4 is 5.32 Å². The second kappa shape index (κ2) is 3.16. The Labute approximate surface area is 90.5 Å². The third-order valence-electron chi connectivity index (χ3n) is 3.17. The third-order valence-corrected chi connectivity index (χ3v) is 3.41. The van der Waals surface area contributed by atoms with Crippen molar-refractivity contribution < 1.29 is 0 Å². The molecular weight excluding hydrogens is 194 g/mol. The van der Waals surface area contributed by atoms with Crippen LogP contribution in [0.15, 0.2) is 18.2 Å². The van der Waals surface area contributed by atoms with E-state index in [-0.39, 0.29) is 0 Å². The van der Waals surface area contributed by atoms with E-state index in [0.29, 0.717) is 11.3 Å². The van der Waals surface area contributed by atoms with Crippen LogP contribution in [0.3, 0.4) is 0 Å². The molecule has 1 aromatic rings. The Bertz CT molecular complexity index is 357. The minimum atomic E-state index is 0.455. The van der Waals surface area contributed by atoms with Gasteiger partial charge in [0.1, 0.15) is 0 Å². The Morgan fingerprint density at radius 1 is 1.43 bits per heavy atom. The van der Waals surface area contributed by atoms with Crippen LogP contribution in [0.1, 0.15) is 31.7 Å². The van der Waals surface area contributed by atoms with Crippen molar-refractivity contribution in [1.29, 1.82) is 0 Å². The molecule has 0 saturated heterocycles. The molecule has 0 spiro atoms. The fourth-order valence-corrected chi connectivity index (χ4v) is 2.23. The van der Waals surface area contributed by atoms with Crippen molar-refractivity contribution in [3.8, 4) is 0 Å². The monoisotopic (exact) mass is 209 g/mol. The summed E-state index contributed by atoms with van der Waals surface area (Å²) in [6.07, 6.45) is 1.27. The molecule has 1 atom stereocenters. The molecule has 2 rings (SSSR count). The second-order valence-corrected chi connectivity index (χ2v) is 5.16. The molecule has 2 heteroatoms. The lowest BCUT2D eigenvalue weighted by molar-refractivity contribution is 0.622. The fraction of sp³-hybridized carbons (Fsp3) is 0.500. The first-order valence-electron chi connectivity index (χ1n) is 5.02. The highest BCUT2D eigenvalue weighted by Crippen LogP contribution is 2.60. The largest absolute Gasteiger partial charge is 0.388 e. The molecule has 0 heterocycles. The number of rotatable bonds is 2. The molecule has 1 aliphatic carbocycles. The Balaban J connectivity index is 2.37. The Kier molecular flexibility index (Phi) is 2.23. The maximum Gasteiger partial charge on any atom is 0.0410 e. The highest BCUT2D eigenvalue weighted by molar-refractivity contribution is 6.30. The zero-order chi connectivity index (χ0) is 10.3. The minimum Gasteiger partial charge on any atom is -0.388 e. The molecule has 1 aromatic carbocycles. The van der Waals surface area contributed by atoms with Crippen molar-refractivity contribution in [2.24, 2.45) is 5.41 Å². The molecular formula is C12H16ClN. The molecule has 1 fully saturated rings. The molecule has 1 unspecified atom stereocenters. The van der Waals surface area contributed by atoms with Gasteiger partial charge in [-0.25, -0.2) is 0 Å². The topological polar surface area (TPSA) is 12.0 Å². The first-order chi connectivity index (χ1) is 6.54. The van der Waals surface area contributed by atoms with Gasteiger partial charge in [-0.05, 0) is 41.5 Å². The summed E-state index contributed by atoms with van der Waals surface area (Å²) in [6, 6.07) is 6.09. The van der Waals surface area contributed by atoms with Crippen LogP contribution in [-0.2, 0) is 0 Å². The number of nitrogens with one attached hydrogen (secondary N) is 1. The van der Waals surface area contributed by atoms with Crippen LogP contribution in [0.2, 0.25) is 5.02 Å². The van der Waals surface area contributed by atoms with Crippen molar-refractivity contribution in [1.82, 2.24) is 0 Å². The van der Waals surface area contributed by atoms with E-state index < -0.39 is 0 Å². The number of benzene rings is 1. The summed E-state index contributed by atoms with van der Waals surface area (Å²) in [5.41, 5.74) is 3.03. The molecule has 1 saturated carbocycles. The molecule has 76 valence electrons. The smallest absolute Gasteiger partial charge is 0.0410 e. The van der Waals surface area contributed by atoms with Crippen LogP contribution in [0.4, 0.5) is 5.69 Å². The van der Waals surface area contributed by atoms with Gasteiger partial charge in [0, 0.05) is 17.8 Å². The highest BCUT2D eigenvalue weighted by atomic mass is 35.5. The summed E-state index contributed by atoms with van der Waals surface area (Å²) in [6.45, 7) is 4.61. The Morgan fingerprint density at radius 3 is 2.57 bits per heavy atom. The van der Waals surface area contributed by atoms with Crippen molar-refractivity contribution in [3.63, 3.8) is 0 Å². The molecule has 1 aliphatic rings. The lowest BCUT2D eigenvalue weighted by Gasteiger charge is -2.10. The summed E-state index contributed by atoms with van der Waals surface area (Å²) in [5, 5.41) is 4.06. The summed E-state index contributed by atoms with van der Waals surface area (Å²) >= 11 is 6.01. The Hall–Kier alpha value is -0.690. The average Bonchev–Trinajstić information content (AvgIpc) is 2.75. The van der Waals surface area contributed by atoms with E-state index in [4.69, 9.17) is 11.6 Å². The van der Waals surface area contributed by atoms with E-state index in [2.05, 4.69) is 31.3 Å². The maximum atomic E-state index is 6.01. The predicted octanol–water partition coefficient (Wildman–Crippen LogP) is 3.90. The summed E-state index contributed by atoms with van der Waals surface area (Å²) in [4.78, 5) is 0.